The summed E-state index contributed by atoms with van der Waals surface area (Å²) in [4.78, 5) is 27.5. The highest BCUT2D eigenvalue weighted by Crippen LogP contribution is 2.56. The summed E-state index contributed by atoms with van der Waals surface area (Å²) in [7, 11) is 0. The lowest BCUT2D eigenvalue weighted by molar-refractivity contribution is -0.121. The highest BCUT2D eigenvalue weighted by Gasteiger charge is 2.57. The molecule has 9 heteroatoms. The average Bonchev–Trinajstić information content (AvgIpc) is 3.42. The van der Waals surface area contributed by atoms with Crippen molar-refractivity contribution in [1.29, 1.82) is 0 Å². The molecule has 6 rings (SSSR count). The van der Waals surface area contributed by atoms with Gasteiger partial charge in [-0.25, -0.2) is 4.39 Å². The van der Waals surface area contributed by atoms with E-state index in [0.29, 0.717) is 17.8 Å². The van der Waals surface area contributed by atoms with Gasteiger partial charge in [-0.3, -0.25) is 14.5 Å². The minimum absolute atomic E-state index is 0.0775. The van der Waals surface area contributed by atoms with Gasteiger partial charge in [-0.2, -0.15) is 0 Å². The zero-order chi connectivity index (χ0) is 22.6. The highest BCUT2D eigenvalue weighted by atomic mass is 32.2. The Balaban J connectivity index is 1.33. The lowest BCUT2D eigenvalue weighted by Gasteiger charge is -2.29. The van der Waals surface area contributed by atoms with E-state index in [0.717, 1.165) is 48.6 Å². The number of thioether (sulfide) groups is 1. The number of anilines is 2. The van der Waals surface area contributed by atoms with Crippen LogP contribution in [0.25, 0.3) is 11.4 Å². The van der Waals surface area contributed by atoms with E-state index in [2.05, 4.69) is 20.1 Å². The van der Waals surface area contributed by atoms with Crippen LogP contribution in [-0.4, -0.2) is 31.4 Å². The molecule has 0 saturated carbocycles. The van der Waals surface area contributed by atoms with Gasteiger partial charge in [-0.05, 0) is 49.6 Å². The number of carbonyl (C=O) groups is 2. The maximum atomic E-state index is 14.8. The Labute approximate surface area is 194 Å². The molecular weight excluding hydrogens is 441 g/mol. The zero-order valence-corrected chi connectivity index (χ0v) is 18.7. The Kier molecular flexibility index (Phi) is 4.76. The van der Waals surface area contributed by atoms with E-state index in [1.54, 1.807) is 17.0 Å². The van der Waals surface area contributed by atoms with Crippen molar-refractivity contribution in [3.05, 3.63) is 54.1 Å². The number of carbonyl (C=O) groups excluding carboxylic acids is 2. The van der Waals surface area contributed by atoms with E-state index in [1.165, 1.54) is 17.8 Å². The second kappa shape index (κ2) is 7.69. The zero-order valence-electron chi connectivity index (χ0n) is 17.9. The fourth-order valence-corrected chi connectivity index (χ4v) is 6.39. The van der Waals surface area contributed by atoms with Crippen LogP contribution in [0.4, 0.5) is 15.8 Å². The van der Waals surface area contributed by atoms with Crippen molar-refractivity contribution in [1.82, 2.24) is 14.8 Å². The summed E-state index contributed by atoms with van der Waals surface area (Å²) in [5.74, 6) is 0.599. The van der Waals surface area contributed by atoms with Crippen LogP contribution in [0, 0.1) is 5.82 Å². The molecule has 1 aromatic heterocycles. The number of nitrogens with zero attached hydrogens (tertiary/aromatic N) is 4. The summed E-state index contributed by atoms with van der Waals surface area (Å²) >= 11 is 1.36. The molecule has 0 spiro atoms. The first-order valence-corrected chi connectivity index (χ1v) is 12.0. The fraction of sp³-hybridized carbons (Fsp3) is 0.333. The first-order chi connectivity index (χ1) is 16.1. The largest absolute Gasteiger partial charge is 0.321 e. The molecule has 7 nitrogen and oxygen atoms in total. The van der Waals surface area contributed by atoms with Gasteiger partial charge < -0.3 is 9.88 Å². The molecule has 0 bridgehead atoms. The van der Waals surface area contributed by atoms with Crippen molar-refractivity contribution in [2.24, 2.45) is 0 Å². The Morgan fingerprint density at radius 1 is 1.09 bits per heavy atom. The van der Waals surface area contributed by atoms with Crippen LogP contribution in [-0.2, 0) is 22.6 Å². The predicted molar refractivity (Wildman–Crippen MR) is 123 cm³/mol. The lowest BCUT2D eigenvalue weighted by atomic mass is 10.1. The smallest absolute Gasteiger partial charge is 0.261 e. The Bertz CT molecular complexity index is 1290. The average molecular weight is 464 g/mol. The van der Waals surface area contributed by atoms with E-state index in [-0.39, 0.29) is 18.0 Å². The number of amides is 2. The summed E-state index contributed by atoms with van der Waals surface area (Å²) in [6.07, 6.45) is 4.80. The molecule has 0 aliphatic carbocycles. The highest BCUT2D eigenvalue weighted by molar-refractivity contribution is 8.02. The number of aromatic nitrogens is 3. The van der Waals surface area contributed by atoms with Gasteiger partial charge in [0, 0.05) is 29.8 Å². The number of nitrogens with one attached hydrogen (secondary N) is 1. The quantitative estimate of drug-likeness (QED) is 0.624. The predicted octanol–water partition coefficient (Wildman–Crippen LogP) is 4.38. The second-order valence-electron chi connectivity index (χ2n) is 8.63. The van der Waals surface area contributed by atoms with Crippen LogP contribution >= 0.6 is 11.8 Å². The number of hydrogen-bond acceptors (Lipinski definition) is 5. The summed E-state index contributed by atoms with van der Waals surface area (Å²) in [6, 6.07) is 12.1. The molecule has 3 aliphatic rings. The number of halogens is 1. The minimum atomic E-state index is -1.10. The molecule has 0 radical (unpaired) electrons. The number of rotatable bonds is 3. The van der Waals surface area contributed by atoms with E-state index >= 15 is 0 Å². The van der Waals surface area contributed by atoms with Gasteiger partial charge >= 0.3 is 0 Å². The molecule has 1 unspecified atom stereocenters. The molecule has 1 N–H and O–H groups in total. The number of hydrogen-bond donors (Lipinski definition) is 1. The van der Waals surface area contributed by atoms with Crippen molar-refractivity contribution < 1.29 is 14.0 Å². The van der Waals surface area contributed by atoms with Crippen LogP contribution in [0.3, 0.4) is 0 Å². The van der Waals surface area contributed by atoms with Crippen LogP contribution in [0.5, 0.6) is 0 Å². The molecule has 3 aromatic rings. The van der Waals surface area contributed by atoms with Gasteiger partial charge in [0.05, 0.1) is 11.4 Å². The van der Waals surface area contributed by atoms with Crippen LogP contribution in [0.1, 0.15) is 37.9 Å². The molecular formula is C24H22FN5O2S. The summed E-state index contributed by atoms with van der Waals surface area (Å²) < 4.78 is 16.9. The third-order valence-electron chi connectivity index (χ3n) is 6.61. The maximum absolute atomic E-state index is 14.8. The lowest BCUT2D eigenvalue weighted by Crippen LogP contribution is -2.49. The van der Waals surface area contributed by atoms with Crippen molar-refractivity contribution in [2.45, 2.75) is 54.8 Å². The summed E-state index contributed by atoms with van der Waals surface area (Å²) in [5, 5.41) is 11.5. The third kappa shape index (κ3) is 3.17. The van der Waals surface area contributed by atoms with E-state index in [1.807, 2.05) is 24.3 Å². The number of fused-ring (bicyclic) bond motifs is 4. The number of para-hydroxylation sites is 1. The van der Waals surface area contributed by atoms with Crippen molar-refractivity contribution >= 4 is 35.0 Å². The topological polar surface area (TPSA) is 80.1 Å². The number of benzene rings is 2. The minimum Gasteiger partial charge on any atom is -0.321 e. The molecule has 168 valence electrons. The summed E-state index contributed by atoms with van der Waals surface area (Å²) in [6.45, 7) is 0.825. The van der Waals surface area contributed by atoms with Crippen molar-refractivity contribution in [3.8, 4) is 11.4 Å². The first kappa shape index (κ1) is 20.4. The van der Waals surface area contributed by atoms with Crippen LogP contribution < -0.4 is 10.2 Å². The first-order valence-electron chi connectivity index (χ1n) is 11.2. The van der Waals surface area contributed by atoms with E-state index < -0.39 is 16.6 Å². The van der Waals surface area contributed by atoms with E-state index in [4.69, 9.17) is 0 Å². The van der Waals surface area contributed by atoms with Crippen LogP contribution in [0.15, 0.2) is 47.4 Å². The molecule has 2 amide bonds. The van der Waals surface area contributed by atoms with Crippen molar-refractivity contribution in [3.63, 3.8) is 0 Å². The summed E-state index contributed by atoms with van der Waals surface area (Å²) in [5.41, 5.74) is 1.51. The molecule has 2 aromatic carbocycles. The maximum Gasteiger partial charge on any atom is 0.261 e. The normalized spacial score (nSPS) is 21.4. The van der Waals surface area contributed by atoms with Gasteiger partial charge in [-0.15, -0.1) is 10.2 Å². The fourth-order valence-electron chi connectivity index (χ4n) is 4.98. The Hall–Kier alpha value is -3.20. The Morgan fingerprint density at radius 3 is 2.88 bits per heavy atom. The molecule has 1 saturated heterocycles. The molecule has 3 aliphatic heterocycles. The van der Waals surface area contributed by atoms with Gasteiger partial charge in [0.25, 0.3) is 5.91 Å². The molecule has 1 atom stereocenters. The van der Waals surface area contributed by atoms with Crippen molar-refractivity contribution in [2.75, 3.05) is 10.2 Å². The third-order valence-corrected chi connectivity index (χ3v) is 8.09. The SMILES string of the molecule is O=C1CCC2(C(=O)Nc3cc(-c4nnc5n4CCCCC5)ccc3F)Sc3ccccc3N12. The van der Waals surface area contributed by atoms with Gasteiger partial charge in [-0.1, -0.05) is 30.3 Å². The van der Waals surface area contributed by atoms with Crippen LogP contribution in [0.2, 0.25) is 0 Å². The number of aryl methyl sites for hydroxylation is 1. The standard InChI is InChI=1S/C24H22FN5O2S/c25-16-10-9-15(22-28-27-20-8-2-1-5-13-29(20)22)14-17(16)26-23(32)24-12-11-21(31)30(24)18-6-3-4-7-19(18)33-24/h3-4,6-7,9-10,14H,1-2,5,8,11-13H2,(H,26,32). The molecule has 1 fully saturated rings. The van der Waals surface area contributed by atoms with Gasteiger partial charge in [0.2, 0.25) is 5.91 Å². The Morgan fingerprint density at radius 2 is 1.97 bits per heavy atom. The van der Waals surface area contributed by atoms with Gasteiger partial charge in [0.15, 0.2) is 10.7 Å². The van der Waals surface area contributed by atoms with E-state index in [9.17, 15) is 14.0 Å². The molecule has 4 heterocycles. The molecule has 33 heavy (non-hydrogen) atoms. The van der Waals surface area contributed by atoms with Gasteiger partial charge in [0.1, 0.15) is 11.6 Å². The second-order valence-corrected chi connectivity index (χ2v) is 9.95. The monoisotopic (exact) mass is 463 g/mol.